The summed E-state index contributed by atoms with van der Waals surface area (Å²) in [6.45, 7) is 6.02. The van der Waals surface area contributed by atoms with E-state index in [9.17, 15) is 14.4 Å². The molecule has 0 aliphatic carbocycles. The van der Waals surface area contributed by atoms with Crippen molar-refractivity contribution in [3.8, 4) is 5.69 Å². The summed E-state index contributed by atoms with van der Waals surface area (Å²) in [5, 5.41) is 9.54. The number of carbonyl (C=O) groups is 2. The molecule has 1 aromatic carbocycles. The van der Waals surface area contributed by atoms with Crippen LogP contribution in [0.15, 0.2) is 34.4 Å². The summed E-state index contributed by atoms with van der Waals surface area (Å²) in [7, 11) is 0. The molecule has 1 N–H and O–H groups in total. The van der Waals surface area contributed by atoms with Crippen molar-refractivity contribution >= 4 is 50.6 Å². The molecule has 7 nitrogen and oxygen atoms in total. The zero-order valence-electron chi connectivity index (χ0n) is 16.9. The summed E-state index contributed by atoms with van der Waals surface area (Å²) >= 11 is 6.79. The molecule has 30 heavy (non-hydrogen) atoms. The predicted octanol–water partition coefficient (Wildman–Crippen LogP) is 4.31. The van der Waals surface area contributed by atoms with Gasteiger partial charge in [-0.15, -0.1) is 22.9 Å². The SMILES string of the molecule is CCOC(=O)c1nn(-c2ccc(C(C)C)cc2)c(=O)c2c(NC(=O)CCCl)scc12. The summed E-state index contributed by atoms with van der Waals surface area (Å²) < 4.78 is 6.30. The average Bonchev–Trinajstić information content (AvgIpc) is 3.12. The average molecular weight is 448 g/mol. The van der Waals surface area contributed by atoms with Crippen molar-refractivity contribution in [2.24, 2.45) is 0 Å². The van der Waals surface area contributed by atoms with Gasteiger partial charge >= 0.3 is 5.97 Å². The number of rotatable bonds is 7. The quantitative estimate of drug-likeness (QED) is 0.430. The first-order valence-corrected chi connectivity index (χ1v) is 11.0. The summed E-state index contributed by atoms with van der Waals surface area (Å²) in [4.78, 5) is 37.8. The maximum atomic E-state index is 13.3. The van der Waals surface area contributed by atoms with Crippen LogP contribution in [0.3, 0.4) is 0 Å². The van der Waals surface area contributed by atoms with Gasteiger partial charge < -0.3 is 10.1 Å². The fourth-order valence-corrected chi connectivity index (χ4v) is 4.07. The van der Waals surface area contributed by atoms with E-state index in [-0.39, 0.29) is 35.9 Å². The van der Waals surface area contributed by atoms with E-state index in [1.54, 1.807) is 24.4 Å². The number of nitrogens with one attached hydrogen (secondary N) is 1. The molecule has 2 aromatic heterocycles. The summed E-state index contributed by atoms with van der Waals surface area (Å²) in [5.74, 6) is -0.444. The van der Waals surface area contributed by atoms with Gasteiger partial charge in [-0.1, -0.05) is 26.0 Å². The number of thiophene rings is 1. The van der Waals surface area contributed by atoms with Gasteiger partial charge in [-0.25, -0.2) is 4.79 Å². The van der Waals surface area contributed by atoms with E-state index >= 15 is 0 Å². The molecule has 0 radical (unpaired) electrons. The number of ether oxygens (including phenoxy) is 1. The third-order valence-electron chi connectivity index (χ3n) is 4.50. The first-order valence-electron chi connectivity index (χ1n) is 9.55. The highest BCUT2D eigenvalue weighted by molar-refractivity contribution is 7.16. The molecular formula is C21H22ClN3O4S. The zero-order valence-corrected chi connectivity index (χ0v) is 18.5. The van der Waals surface area contributed by atoms with Gasteiger partial charge in [0, 0.05) is 23.1 Å². The second kappa shape index (κ2) is 9.40. The Morgan fingerprint density at radius 3 is 2.57 bits per heavy atom. The summed E-state index contributed by atoms with van der Waals surface area (Å²) in [5.41, 5.74) is 1.22. The number of carbonyl (C=O) groups excluding carboxylic acids is 2. The molecule has 0 atom stereocenters. The van der Waals surface area contributed by atoms with E-state index < -0.39 is 11.5 Å². The number of halogens is 1. The first kappa shape index (κ1) is 22.0. The van der Waals surface area contributed by atoms with Crippen LogP contribution >= 0.6 is 22.9 Å². The maximum absolute atomic E-state index is 13.3. The van der Waals surface area contributed by atoms with Crippen LogP contribution in [0.4, 0.5) is 5.00 Å². The molecule has 0 bridgehead atoms. The van der Waals surface area contributed by atoms with E-state index in [1.165, 1.54) is 4.68 Å². The number of amides is 1. The molecule has 9 heteroatoms. The number of hydrogen-bond donors (Lipinski definition) is 1. The Morgan fingerprint density at radius 1 is 1.27 bits per heavy atom. The minimum atomic E-state index is -0.633. The lowest BCUT2D eigenvalue weighted by Gasteiger charge is -2.11. The normalized spacial score (nSPS) is 11.1. The number of fused-ring (bicyclic) bond motifs is 1. The highest BCUT2D eigenvalue weighted by Crippen LogP contribution is 2.31. The molecule has 0 aliphatic rings. The highest BCUT2D eigenvalue weighted by Gasteiger charge is 2.23. The van der Waals surface area contributed by atoms with Crippen LogP contribution in [0, 0.1) is 0 Å². The molecule has 0 fully saturated rings. The van der Waals surface area contributed by atoms with Crippen LogP contribution in [0.25, 0.3) is 16.5 Å². The van der Waals surface area contributed by atoms with Crippen molar-refractivity contribution in [2.75, 3.05) is 17.8 Å². The van der Waals surface area contributed by atoms with Gasteiger partial charge in [0.25, 0.3) is 5.56 Å². The molecule has 158 valence electrons. The number of esters is 1. The van der Waals surface area contributed by atoms with Crippen LogP contribution in [-0.2, 0) is 9.53 Å². The lowest BCUT2D eigenvalue weighted by Crippen LogP contribution is -2.25. The van der Waals surface area contributed by atoms with Crippen molar-refractivity contribution in [3.05, 3.63) is 51.3 Å². The third-order valence-corrected chi connectivity index (χ3v) is 5.58. The fraction of sp³-hybridized carbons (Fsp3) is 0.333. The largest absolute Gasteiger partial charge is 0.461 e. The molecule has 0 aliphatic heterocycles. The van der Waals surface area contributed by atoms with Crippen LogP contribution in [0.2, 0.25) is 0 Å². The Hall–Kier alpha value is -2.71. The number of aromatic nitrogens is 2. The van der Waals surface area contributed by atoms with Gasteiger partial charge in [-0.2, -0.15) is 9.78 Å². The smallest absolute Gasteiger partial charge is 0.359 e. The Balaban J connectivity index is 2.21. The molecule has 2 heterocycles. The number of hydrogen-bond acceptors (Lipinski definition) is 6. The van der Waals surface area contributed by atoms with E-state index in [0.717, 1.165) is 16.9 Å². The standard InChI is InChI=1S/C21H22ClN3O4S/c1-4-29-21(28)18-15-11-30-19(23-16(26)9-10-22)17(15)20(27)25(24-18)14-7-5-13(6-8-14)12(2)3/h5-8,11-12H,4,9-10H2,1-3H3,(H,23,26). The predicted molar refractivity (Wildman–Crippen MR) is 119 cm³/mol. The van der Waals surface area contributed by atoms with Gasteiger partial charge in [0.15, 0.2) is 5.69 Å². The Bertz CT molecular complexity index is 1140. The number of anilines is 1. The topological polar surface area (TPSA) is 90.3 Å². The van der Waals surface area contributed by atoms with Crippen molar-refractivity contribution < 1.29 is 14.3 Å². The molecule has 0 unspecified atom stereocenters. The molecular weight excluding hydrogens is 426 g/mol. The Labute approximate surface area is 182 Å². The number of alkyl halides is 1. The van der Waals surface area contributed by atoms with Crippen LogP contribution < -0.4 is 10.9 Å². The first-order chi connectivity index (χ1) is 14.4. The lowest BCUT2D eigenvalue weighted by molar-refractivity contribution is -0.115. The van der Waals surface area contributed by atoms with Crippen LogP contribution in [0.1, 0.15) is 49.2 Å². The highest BCUT2D eigenvalue weighted by atomic mass is 35.5. The molecule has 0 saturated heterocycles. The minimum Gasteiger partial charge on any atom is -0.461 e. The van der Waals surface area contributed by atoms with E-state index in [2.05, 4.69) is 24.3 Å². The fourth-order valence-electron chi connectivity index (χ4n) is 2.94. The Morgan fingerprint density at radius 2 is 1.97 bits per heavy atom. The van der Waals surface area contributed by atoms with E-state index in [0.29, 0.717) is 22.0 Å². The molecule has 3 rings (SSSR count). The molecule has 0 spiro atoms. The van der Waals surface area contributed by atoms with Gasteiger partial charge in [0.1, 0.15) is 5.00 Å². The number of nitrogens with zero attached hydrogens (tertiary/aromatic N) is 2. The third kappa shape index (κ3) is 4.39. The second-order valence-corrected chi connectivity index (χ2v) is 8.13. The Kier molecular flexibility index (Phi) is 6.89. The number of benzene rings is 1. The molecule has 3 aromatic rings. The van der Waals surface area contributed by atoms with Crippen molar-refractivity contribution in [2.45, 2.75) is 33.1 Å². The van der Waals surface area contributed by atoms with Crippen LogP contribution in [0.5, 0.6) is 0 Å². The summed E-state index contributed by atoms with van der Waals surface area (Å²) in [6.07, 6.45) is 0.113. The maximum Gasteiger partial charge on any atom is 0.359 e. The minimum absolute atomic E-state index is 0.0217. The molecule has 0 saturated carbocycles. The zero-order chi connectivity index (χ0) is 21.8. The van der Waals surface area contributed by atoms with Crippen molar-refractivity contribution in [1.82, 2.24) is 9.78 Å². The van der Waals surface area contributed by atoms with E-state index in [4.69, 9.17) is 16.3 Å². The summed E-state index contributed by atoms with van der Waals surface area (Å²) in [6, 6.07) is 7.39. The monoisotopic (exact) mass is 447 g/mol. The van der Waals surface area contributed by atoms with Crippen molar-refractivity contribution in [3.63, 3.8) is 0 Å². The van der Waals surface area contributed by atoms with Crippen LogP contribution in [-0.4, -0.2) is 34.1 Å². The van der Waals surface area contributed by atoms with Gasteiger partial charge in [0.2, 0.25) is 5.91 Å². The van der Waals surface area contributed by atoms with E-state index in [1.807, 2.05) is 12.1 Å². The lowest BCUT2D eigenvalue weighted by atomic mass is 10.0. The van der Waals surface area contributed by atoms with Gasteiger partial charge in [0.05, 0.1) is 17.7 Å². The van der Waals surface area contributed by atoms with Gasteiger partial charge in [-0.3, -0.25) is 9.59 Å². The van der Waals surface area contributed by atoms with Crippen molar-refractivity contribution in [1.29, 1.82) is 0 Å². The molecule has 1 amide bonds. The second-order valence-electron chi connectivity index (χ2n) is 6.87. The van der Waals surface area contributed by atoms with Gasteiger partial charge in [-0.05, 0) is 30.5 Å².